The molecule has 1 rings (SSSR count). The Morgan fingerprint density at radius 3 is 1.91 bits per heavy atom. The van der Waals surface area contributed by atoms with Crippen molar-refractivity contribution in [3.63, 3.8) is 0 Å². The van der Waals surface area contributed by atoms with Gasteiger partial charge in [0.1, 0.15) is 0 Å². The molecule has 1 N–H and O–H groups in total. The van der Waals surface area contributed by atoms with Crippen LogP contribution in [0.1, 0.15) is 15.9 Å². The molecule has 0 spiro atoms. The quantitative estimate of drug-likeness (QED) is 0.629. The first-order valence-electron chi connectivity index (χ1n) is 6.31. The van der Waals surface area contributed by atoms with Crippen molar-refractivity contribution in [2.75, 3.05) is 35.4 Å². The summed E-state index contributed by atoms with van der Waals surface area (Å²) in [5, 5.41) is 9.40. The van der Waals surface area contributed by atoms with E-state index in [1.54, 1.807) is 19.0 Å². The van der Waals surface area contributed by atoms with Crippen LogP contribution in [0.4, 0.5) is 0 Å². The van der Waals surface area contributed by atoms with Crippen LogP contribution >= 0.6 is 0 Å². The van der Waals surface area contributed by atoms with Gasteiger partial charge in [0.2, 0.25) is 0 Å². The van der Waals surface area contributed by atoms with Gasteiger partial charge in [-0.2, -0.15) is 0 Å². The zero-order chi connectivity index (χ0) is 16.9. The monoisotopic (exact) mass is 309 g/mol. The second-order valence-corrected chi connectivity index (χ2v) is 4.56. The molecule has 0 heterocycles. The molecule has 0 amide bonds. The van der Waals surface area contributed by atoms with Crippen LogP contribution in [0, 0.1) is 0 Å². The molecule has 0 atom stereocenters. The maximum absolute atomic E-state index is 12.0. The number of hydrogen-bond acceptors (Lipinski definition) is 6. The number of benzene rings is 1. The van der Waals surface area contributed by atoms with E-state index >= 15 is 0 Å². The zero-order valence-electron chi connectivity index (χ0n) is 13.2. The van der Waals surface area contributed by atoms with Crippen molar-refractivity contribution >= 4 is 17.5 Å². The molecule has 0 aliphatic heterocycles. The highest BCUT2D eigenvalue weighted by atomic mass is 16.5. The molecule has 0 saturated carbocycles. The van der Waals surface area contributed by atoms with Crippen LogP contribution in [0.3, 0.4) is 0 Å². The number of methoxy groups -OCH3 is 3. The molecule has 1 aromatic carbocycles. The van der Waals surface area contributed by atoms with Crippen LogP contribution in [0.5, 0.6) is 11.5 Å². The number of carbonyl (C=O) groups excluding carboxylic acids is 1. The number of carboxylic acid groups (broad SMARTS) is 1. The van der Waals surface area contributed by atoms with Crippen LogP contribution in [-0.4, -0.2) is 57.4 Å². The highest BCUT2D eigenvalue weighted by molar-refractivity contribution is 6.19. The molecule has 7 nitrogen and oxygen atoms in total. The Balaban J connectivity index is 3.66. The Morgan fingerprint density at radius 1 is 1.05 bits per heavy atom. The molecule has 0 aliphatic carbocycles. The van der Waals surface area contributed by atoms with Gasteiger partial charge in [-0.3, -0.25) is 0 Å². The van der Waals surface area contributed by atoms with Gasteiger partial charge in [-0.25, -0.2) is 9.59 Å². The number of aromatic carboxylic acids is 1. The summed E-state index contributed by atoms with van der Waals surface area (Å²) in [5.41, 5.74) is 0.202. The van der Waals surface area contributed by atoms with Crippen molar-refractivity contribution in [1.29, 1.82) is 0 Å². The lowest BCUT2D eigenvalue weighted by molar-refractivity contribution is -0.133. The predicted molar refractivity (Wildman–Crippen MR) is 80.2 cm³/mol. The number of nitrogens with zero attached hydrogens (tertiary/aromatic N) is 1. The lowest BCUT2D eigenvalue weighted by atomic mass is 9.99. The van der Waals surface area contributed by atoms with Crippen molar-refractivity contribution in [2.45, 2.75) is 0 Å². The fourth-order valence-corrected chi connectivity index (χ4v) is 1.88. The van der Waals surface area contributed by atoms with E-state index < -0.39 is 11.9 Å². The minimum atomic E-state index is -1.19. The average Bonchev–Trinajstić information content (AvgIpc) is 2.50. The smallest absolute Gasteiger partial charge is 0.339 e. The number of carbonyl (C=O) groups is 2. The van der Waals surface area contributed by atoms with Crippen LogP contribution in [0.25, 0.3) is 5.57 Å². The third kappa shape index (κ3) is 3.69. The molecule has 7 heteroatoms. The summed E-state index contributed by atoms with van der Waals surface area (Å²) < 4.78 is 15.0. The largest absolute Gasteiger partial charge is 0.493 e. The summed E-state index contributed by atoms with van der Waals surface area (Å²) in [7, 11) is 7.48. The number of carboxylic acids is 1. The molecule has 0 aliphatic rings. The van der Waals surface area contributed by atoms with E-state index in [1.807, 2.05) is 0 Å². The van der Waals surface area contributed by atoms with Crippen molar-refractivity contribution in [2.24, 2.45) is 0 Å². The molecule has 22 heavy (non-hydrogen) atoms. The average molecular weight is 309 g/mol. The van der Waals surface area contributed by atoms with E-state index in [4.69, 9.17) is 14.2 Å². The van der Waals surface area contributed by atoms with Gasteiger partial charge in [0, 0.05) is 25.9 Å². The minimum Gasteiger partial charge on any atom is -0.493 e. The zero-order valence-corrected chi connectivity index (χ0v) is 13.2. The summed E-state index contributed by atoms with van der Waals surface area (Å²) in [6, 6.07) is 2.75. The SMILES string of the molecule is COC(=O)C(=CN(C)C)c1cc(OC)c(OC)cc1C(=O)O. The maximum atomic E-state index is 12.0. The van der Waals surface area contributed by atoms with E-state index in [0.717, 1.165) is 0 Å². The van der Waals surface area contributed by atoms with Crippen LogP contribution in [0.15, 0.2) is 18.3 Å². The van der Waals surface area contributed by atoms with Gasteiger partial charge >= 0.3 is 11.9 Å². The third-order valence-corrected chi connectivity index (χ3v) is 2.84. The molecule has 0 fully saturated rings. The predicted octanol–water partition coefficient (Wildman–Crippen LogP) is 1.48. The second kappa shape index (κ2) is 7.35. The fourth-order valence-electron chi connectivity index (χ4n) is 1.88. The number of esters is 1. The van der Waals surface area contributed by atoms with Gasteiger partial charge in [0.05, 0.1) is 32.5 Å². The highest BCUT2D eigenvalue weighted by Crippen LogP contribution is 2.34. The van der Waals surface area contributed by atoms with Gasteiger partial charge in [-0.05, 0) is 12.1 Å². The van der Waals surface area contributed by atoms with Crippen LogP contribution in [0.2, 0.25) is 0 Å². The molecule has 0 radical (unpaired) electrons. The summed E-state index contributed by atoms with van der Waals surface area (Å²) >= 11 is 0. The Labute approximate surface area is 128 Å². The Hall–Kier alpha value is -2.70. The molecule has 0 saturated heterocycles. The van der Waals surface area contributed by atoms with Gasteiger partial charge in [0.25, 0.3) is 0 Å². The normalized spacial score (nSPS) is 10.9. The van der Waals surface area contributed by atoms with E-state index in [0.29, 0.717) is 5.75 Å². The van der Waals surface area contributed by atoms with E-state index in [1.165, 1.54) is 39.7 Å². The fraction of sp³-hybridized carbons (Fsp3) is 0.333. The molecule has 120 valence electrons. The van der Waals surface area contributed by atoms with Gasteiger partial charge in [-0.15, -0.1) is 0 Å². The van der Waals surface area contributed by atoms with E-state index in [-0.39, 0.29) is 22.4 Å². The Bertz CT molecular complexity index is 606. The molecule has 0 unspecified atom stereocenters. The third-order valence-electron chi connectivity index (χ3n) is 2.84. The molecule has 0 aromatic heterocycles. The van der Waals surface area contributed by atoms with E-state index in [9.17, 15) is 14.7 Å². The maximum Gasteiger partial charge on any atom is 0.339 e. The van der Waals surface area contributed by atoms with Crippen LogP contribution < -0.4 is 9.47 Å². The molecular formula is C15H19NO6. The Kier molecular flexibility index (Phi) is 5.80. The van der Waals surface area contributed by atoms with Gasteiger partial charge in [0.15, 0.2) is 11.5 Å². The first-order valence-corrected chi connectivity index (χ1v) is 6.31. The summed E-state index contributed by atoms with van der Waals surface area (Å²) in [5.74, 6) is -1.26. The first kappa shape index (κ1) is 17.4. The molecule has 1 aromatic rings. The topological polar surface area (TPSA) is 85.3 Å². The number of rotatable bonds is 6. The number of ether oxygens (including phenoxy) is 3. The Morgan fingerprint density at radius 2 is 1.55 bits per heavy atom. The summed E-state index contributed by atoms with van der Waals surface area (Å²) in [6.07, 6.45) is 1.49. The summed E-state index contributed by atoms with van der Waals surface area (Å²) in [6.45, 7) is 0. The van der Waals surface area contributed by atoms with Crippen LogP contribution in [-0.2, 0) is 9.53 Å². The van der Waals surface area contributed by atoms with Crippen molar-refractivity contribution in [1.82, 2.24) is 4.90 Å². The summed E-state index contributed by atoms with van der Waals surface area (Å²) in [4.78, 5) is 25.1. The highest BCUT2D eigenvalue weighted by Gasteiger charge is 2.23. The van der Waals surface area contributed by atoms with Gasteiger partial charge in [-0.1, -0.05) is 0 Å². The standard InChI is InChI=1S/C15H19NO6/c1-16(2)8-11(15(19)22-5)9-6-12(20-3)13(21-4)7-10(9)14(17)18/h6-8H,1-5H3,(H,17,18). The van der Waals surface area contributed by atoms with Crippen molar-refractivity contribution < 1.29 is 28.9 Å². The van der Waals surface area contributed by atoms with Gasteiger partial charge < -0.3 is 24.2 Å². The first-order chi connectivity index (χ1) is 10.3. The molecule has 0 bridgehead atoms. The number of hydrogen-bond donors (Lipinski definition) is 1. The van der Waals surface area contributed by atoms with E-state index in [2.05, 4.69) is 0 Å². The molecular weight excluding hydrogens is 290 g/mol. The second-order valence-electron chi connectivity index (χ2n) is 4.56. The lowest BCUT2D eigenvalue weighted by Crippen LogP contribution is -2.13. The van der Waals surface area contributed by atoms with Crippen molar-refractivity contribution in [3.8, 4) is 11.5 Å². The minimum absolute atomic E-state index is 0.0869. The van der Waals surface area contributed by atoms with Crippen molar-refractivity contribution in [3.05, 3.63) is 29.5 Å². The lowest BCUT2D eigenvalue weighted by Gasteiger charge is -2.16.